The number of thioether (sulfide) groups is 1. The van der Waals surface area contributed by atoms with Crippen LogP contribution in [-0.2, 0) is 9.53 Å². The average Bonchev–Trinajstić information content (AvgIpc) is 2.85. The van der Waals surface area contributed by atoms with Gasteiger partial charge in [-0.25, -0.2) is 4.79 Å². The molecule has 0 radical (unpaired) electrons. The highest BCUT2D eigenvalue weighted by Crippen LogP contribution is 2.44. The van der Waals surface area contributed by atoms with E-state index in [2.05, 4.69) is 0 Å². The van der Waals surface area contributed by atoms with Crippen LogP contribution in [0.2, 0.25) is 0 Å². The lowest BCUT2D eigenvalue weighted by Crippen LogP contribution is -2.16. The molecule has 98 valence electrons. The van der Waals surface area contributed by atoms with Crippen molar-refractivity contribution in [3.05, 3.63) is 17.7 Å². The first-order valence-corrected chi connectivity index (χ1v) is 6.72. The lowest BCUT2D eigenvalue weighted by molar-refractivity contribution is -0.153. The van der Waals surface area contributed by atoms with Crippen LogP contribution < -0.4 is 9.47 Å². The summed E-state index contributed by atoms with van der Waals surface area (Å²) >= 11 is 1.39. The number of aliphatic hydroxyl groups is 1. The molecule has 1 atom stereocenters. The van der Waals surface area contributed by atoms with Crippen LogP contribution in [-0.4, -0.2) is 30.7 Å². The standard InChI is InChI=1S/C12H14O5S/c1-3-15-12(14)9(13)7-4-5-8-10(11(7)18-2)17-6-16-8/h4-5,9,13H,3,6H2,1-2H3. The van der Waals surface area contributed by atoms with E-state index in [0.29, 0.717) is 22.0 Å². The molecule has 18 heavy (non-hydrogen) atoms. The number of hydrogen-bond donors (Lipinski definition) is 1. The van der Waals surface area contributed by atoms with Crippen LogP contribution in [0.5, 0.6) is 11.5 Å². The number of esters is 1. The van der Waals surface area contributed by atoms with Gasteiger partial charge in [-0.3, -0.25) is 0 Å². The number of carbonyl (C=O) groups is 1. The molecule has 0 bridgehead atoms. The molecule has 6 heteroatoms. The molecule has 1 aliphatic rings. The summed E-state index contributed by atoms with van der Waals surface area (Å²) in [6.45, 7) is 2.08. The Balaban J connectivity index is 2.36. The maximum absolute atomic E-state index is 11.6. The Labute approximate surface area is 109 Å². The number of rotatable bonds is 4. The van der Waals surface area contributed by atoms with Crippen molar-refractivity contribution in [1.29, 1.82) is 0 Å². The summed E-state index contributed by atoms with van der Waals surface area (Å²) in [5.41, 5.74) is 0.477. The predicted octanol–water partition coefficient (Wildman–Crippen LogP) is 1.73. The van der Waals surface area contributed by atoms with Crippen LogP contribution >= 0.6 is 11.8 Å². The number of aliphatic hydroxyl groups excluding tert-OH is 1. The van der Waals surface area contributed by atoms with Crippen molar-refractivity contribution in [1.82, 2.24) is 0 Å². The Hall–Kier alpha value is -1.40. The average molecular weight is 270 g/mol. The van der Waals surface area contributed by atoms with Crippen molar-refractivity contribution in [3.63, 3.8) is 0 Å². The number of carbonyl (C=O) groups excluding carboxylic acids is 1. The van der Waals surface area contributed by atoms with Crippen molar-refractivity contribution in [3.8, 4) is 11.5 Å². The summed E-state index contributed by atoms with van der Waals surface area (Å²) in [6.07, 6.45) is 0.542. The van der Waals surface area contributed by atoms with E-state index >= 15 is 0 Å². The minimum Gasteiger partial charge on any atom is -0.464 e. The summed E-state index contributed by atoms with van der Waals surface area (Å²) in [6, 6.07) is 3.33. The molecule has 0 spiro atoms. The Kier molecular flexibility index (Phi) is 3.98. The predicted molar refractivity (Wildman–Crippen MR) is 65.9 cm³/mol. The number of benzene rings is 1. The molecule has 0 aromatic heterocycles. The van der Waals surface area contributed by atoms with E-state index in [1.807, 2.05) is 6.26 Å². The zero-order chi connectivity index (χ0) is 13.1. The fraction of sp³-hybridized carbons (Fsp3) is 0.417. The molecular weight excluding hydrogens is 256 g/mol. The number of hydrogen-bond acceptors (Lipinski definition) is 6. The Bertz CT molecular complexity index is 460. The molecule has 0 amide bonds. The molecule has 0 saturated heterocycles. The third kappa shape index (κ3) is 2.26. The van der Waals surface area contributed by atoms with Crippen LogP contribution in [0.25, 0.3) is 0 Å². The van der Waals surface area contributed by atoms with E-state index in [0.717, 1.165) is 0 Å². The molecule has 1 N–H and O–H groups in total. The van der Waals surface area contributed by atoms with E-state index in [1.54, 1.807) is 19.1 Å². The van der Waals surface area contributed by atoms with Gasteiger partial charge in [0.05, 0.1) is 11.5 Å². The molecule has 0 fully saturated rings. The molecule has 1 unspecified atom stereocenters. The van der Waals surface area contributed by atoms with Gasteiger partial charge in [-0.05, 0) is 19.2 Å². The monoisotopic (exact) mass is 270 g/mol. The lowest BCUT2D eigenvalue weighted by Gasteiger charge is -2.14. The molecule has 1 aromatic carbocycles. The topological polar surface area (TPSA) is 65.0 Å². The van der Waals surface area contributed by atoms with Crippen molar-refractivity contribution in [2.24, 2.45) is 0 Å². The first-order chi connectivity index (χ1) is 8.69. The van der Waals surface area contributed by atoms with E-state index in [4.69, 9.17) is 14.2 Å². The van der Waals surface area contributed by atoms with Crippen molar-refractivity contribution in [2.45, 2.75) is 17.9 Å². The van der Waals surface area contributed by atoms with E-state index in [1.165, 1.54) is 11.8 Å². The second-order valence-electron chi connectivity index (χ2n) is 3.58. The largest absolute Gasteiger partial charge is 0.464 e. The third-order valence-electron chi connectivity index (χ3n) is 2.53. The Morgan fingerprint density at radius 3 is 3.00 bits per heavy atom. The maximum atomic E-state index is 11.6. The lowest BCUT2D eigenvalue weighted by atomic mass is 10.1. The second kappa shape index (κ2) is 5.49. The molecule has 1 aromatic rings. The van der Waals surface area contributed by atoms with Crippen LogP contribution in [0.4, 0.5) is 0 Å². The molecular formula is C12H14O5S. The van der Waals surface area contributed by atoms with Gasteiger partial charge in [-0.1, -0.05) is 6.07 Å². The Morgan fingerprint density at radius 2 is 2.33 bits per heavy atom. The van der Waals surface area contributed by atoms with Gasteiger partial charge in [0.15, 0.2) is 17.6 Å². The van der Waals surface area contributed by atoms with Gasteiger partial charge >= 0.3 is 5.97 Å². The smallest absolute Gasteiger partial charge is 0.339 e. The summed E-state index contributed by atoms with van der Waals surface area (Å²) in [5.74, 6) is 0.536. The first-order valence-electron chi connectivity index (χ1n) is 5.50. The summed E-state index contributed by atoms with van der Waals surface area (Å²) in [5, 5.41) is 9.98. The highest BCUT2D eigenvalue weighted by atomic mass is 32.2. The summed E-state index contributed by atoms with van der Waals surface area (Å²) in [7, 11) is 0. The van der Waals surface area contributed by atoms with Crippen LogP contribution in [0.3, 0.4) is 0 Å². The van der Waals surface area contributed by atoms with Gasteiger partial charge in [-0.2, -0.15) is 0 Å². The van der Waals surface area contributed by atoms with Crippen LogP contribution in [0.15, 0.2) is 17.0 Å². The first kappa shape index (κ1) is 13.0. The van der Waals surface area contributed by atoms with Gasteiger partial charge in [0.1, 0.15) is 0 Å². The Morgan fingerprint density at radius 1 is 1.56 bits per heavy atom. The quantitative estimate of drug-likeness (QED) is 0.664. The highest BCUT2D eigenvalue weighted by Gasteiger charge is 2.27. The zero-order valence-electron chi connectivity index (χ0n) is 10.1. The van der Waals surface area contributed by atoms with Gasteiger partial charge in [-0.15, -0.1) is 11.8 Å². The van der Waals surface area contributed by atoms with Gasteiger partial charge in [0.25, 0.3) is 0 Å². The third-order valence-corrected chi connectivity index (χ3v) is 3.36. The number of ether oxygens (including phenoxy) is 3. The van der Waals surface area contributed by atoms with E-state index < -0.39 is 12.1 Å². The van der Waals surface area contributed by atoms with Gasteiger partial charge < -0.3 is 19.3 Å². The molecule has 2 rings (SSSR count). The van der Waals surface area contributed by atoms with Crippen molar-refractivity contribution >= 4 is 17.7 Å². The van der Waals surface area contributed by atoms with E-state index in [-0.39, 0.29) is 13.4 Å². The van der Waals surface area contributed by atoms with Crippen LogP contribution in [0.1, 0.15) is 18.6 Å². The van der Waals surface area contributed by atoms with Crippen molar-refractivity contribution in [2.75, 3.05) is 19.7 Å². The maximum Gasteiger partial charge on any atom is 0.339 e. The normalized spacial score (nSPS) is 14.4. The molecule has 0 saturated carbocycles. The van der Waals surface area contributed by atoms with Crippen molar-refractivity contribution < 1.29 is 24.1 Å². The van der Waals surface area contributed by atoms with Gasteiger partial charge in [0, 0.05) is 5.56 Å². The number of fused-ring (bicyclic) bond motifs is 1. The highest BCUT2D eigenvalue weighted by molar-refractivity contribution is 7.98. The second-order valence-corrected chi connectivity index (χ2v) is 4.39. The summed E-state index contributed by atoms with van der Waals surface area (Å²) < 4.78 is 15.4. The minimum atomic E-state index is -1.30. The molecule has 1 aliphatic heterocycles. The molecule has 5 nitrogen and oxygen atoms in total. The van der Waals surface area contributed by atoms with Crippen LogP contribution in [0, 0.1) is 0 Å². The van der Waals surface area contributed by atoms with Gasteiger partial charge in [0.2, 0.25) is 6.79 Å². The summed E-state index contributed by atoms with van der Waals surface area (Å²) in [4.78, 5) is 12.3. The molecule has 0 aliphatic carbocycles. The minimum absolute atomic E-state index is 0.155. The molecule has 1 heterocycles. The fourth-order valence-corrected chi connectivity index (χ4v) is 2.50. The fourth-order valence-electron chi connectivity index (χ4n) is 1.74. The van der Waals surface area contributed by atoms with E-state index in [9.17, 15) is 9.90 Å². The SMILES string of the molecule is CCOC(=O)C(O)c1ccc2c(c1SC)OCO2. The zero-order valence-corrected chi connectivity index (χ0v) is 11.0.